The molecule has 2 amide bonds. The van der Waals surface area contributed by atoms with Gasteiger partial charge in [-0.15, -0.1) is 0 Å². The second-order valence-electron chi connectivity index (χ2n) is 7.70. The molecule has 1 saturated heterocycles. The molecule has 1 aromatic heterocycles. The van der Waals surface area contributed by atoms with E-state index in [9.17, 15) is 14.7 Å². The number of piperidine rings is 1. The first-order chi connectivity index (χ1) is 13.0. The zero-order valence-electron chi connectivity index (χ0n) is 15.7. The fourth-order valence-electron chi connectivity index (χ4n) is 4.06. The SMILES string of the molecule is NC(=O)c1nc(CNCC2(O)CCCN(CCC3CCCCC3)C2=O)no1. The largest absolute Gasteiger partial charge is 0.379 e. The Balaban J connectivity index is 1.47. The van der Waals surface area contributed by atoms with Crippen molar-refractivity contribution in [2.75, 3.05) is 19.6 Å². The lowest BCUT2D eigenvalue weighted by Gasteiger charge is -2.39. The molecule has 2 fully saturated rings. The Labute approximate surface area is 158 Å². The summed E-state index contributed by atoms with van der Waals surface area (Å²) in [5.74, 6) is -0.290. The molecule has 9 heteroatoms. The van der Waals surface area contributed by atoms with Crippen LogP contribution in [0.3, 0.4) is 0 Å². The minimum absolute atomic E-state index is 0.103. The van der Waals surface area contributed by atoms with Crippen LogP contribution in [0.2, 0.25) is 0 Å². The molecule has 1 unspecified atom stereocenters. The summed E-state index contributed by atoms with van der Waals surface area (Å²) < 4.78 is 4.71. The molecule has 4 N–H and O–H groups in total. The molecule has 2 heterocycles. The lowest BCUT2D eigenvalue weighted by Crippen LogP contribution is -2.58. The third kappa shape index (κ3) is 5.04. The Morgan fingerprint density at radius 3 is 2.81 bits per heavy atom. The van der Waals surface area contributed by atoms with E-state index in [2.05, 4.69) is 15.5 Å². The van der Waals surface area contributed by atoms with Gasteiger partial charge in [0.25, 0.3) is 5.91 Å². The van der Waals surface area contributed by atoms with Gasteiger partial charge < -0.3 is 25.6 Å². The summed E-state index contributed by atoms with van der Waals surface area (Å²) in [6, 6.07) is 0. The van der Waals surface area contributed by atoms with E-state index >= 15 is 0 Å². The van der Waals surface area contributed by atoms with Crippen LogP contribution in [0, 0.1) is 5.92 Å². The van der Waals surface area contributed by atoms with Crippen molar-refractivity contribution in [1.82, 2.24) is 20.4 Å². The predicted octanol–water partition coefficient (Wildman–Crippen LogP) is 0.582. The summed E-state index contributed by atoms with van der Waals surface area (Å²) >= 11 is 0. The second kappa shape index (κ2) is 8.79. The average Bonchev–Trinajstić information content (AvgIpc) is 3.13. The van der Waals surface area contributed by atoms with Gasteiger partial charge in [0.1, 0.15) is 0 Å². The number of carbonyl (C=O) groups excluding carboxylic acids is 2. The van der Waals surface area contributed by atoms with E-state index < -0.39 is 11.5 Å². The number of aromatic nitrogens is 2. The van der Waals surface area contributed by atoms with Gasteiger partial charge in [-0.3, -0.25) is 9.59 Å². The molecule has 1 aliphatic heterocycles. The molecular weight excluding hydrogens is 350 g/mol. The van der Waals surface area contributed by atoms with Crippen molar-refractivity contribution in [3.05, 3.63) is 11.7 Å². The number of rotatable bonds is 8. The van der Waals surface area contributed by atoms with E-state index in [1.807, 2.05) is 0 Å². The van der Waals surface area contributed by atoms with Gasteiger partial charge in [-0.1, -0.05) is 37.3 Å². The molecule has 1 aromatic rings. The van der Waals surface area contributed by atoms with Crippen molar-refractivity contribution in [3.63, 3.8) is 0 Å². The topological polar surface area (TPSA) is 135 Å². The van der Waals surface area contributed by atoms with Crippen molar-refractivity contribution in [1.29, 1.82) is 0 Å². The van der Waals surface area contributed by atoms with Crippen molar-refractivity contribution in [2.24, 2.45) is 11.7 Å². The van der Waals surface area contributed by atoms with Gasteiger partial charge >= 0.3 is 11.8 Å². The number of amides is 2. The first kappa shape index (κ1) is 19.8. The Hall–Kier alpha value is -2.00. The van der Waals surface area contributed by atoms with Crippen molar-refractivity contribution >= 4 is 11.8 Å². The zero-order valence-corrected chi connectivity index (χ0v) is 15.7. The van der Waals surface area contributed by atoms with E-state index in [-0.39, 0.29) is 30.7 Å². The summed E-state index contributed by atoms with van der Waals surface area (Å²) in [6.45, 7) is 1.71. The van der Waals surface area contributed by atoms with Crippen LogP contribution in [0.15, 0.2) is 4.52 Å². The third-order valence-corrected chi connectivity index (χ3v) is 5.62. The molecule has 9 nitrogen and oxygen atoms in total. The highest BCUT2D eigenvalue weighted by Gasteiger charge is 2.41. The number of nitrogens with one attached hydrogen (secondary N) is 1. The molecule has 1 atom stereocenters. The second-order valence-corrected chi connectivity index (χ2v) is 7.70. The molecular formula is C18H29N5O4. The van der Waals surface area contributed by atoms with Crippen molar-refractivity contribution in [2.45, 2.75) is 63.5 Å². The van der Waals surface area contributed by atoms with Crippen molar-refractivity contribution in [3.8, 4) is 0 Å². The molecule has 150 valence electrons. The molecule has 3 rings (SSSR count). The monoisotopic (exact) mass is 379 g/mol. The number of carbonyl (C=O) groups is 2. The van der Waals surface area contributed by atoms with E-state index in [0.29, 0.717) is 18.9 Å². The van der Waals surface area contributed by atoms with Crippen LogP contribution in [0.25, 0.3) is 0 Å². The maximum Gasteiger partial charge on any atom is 0.315 e. The number of hydrogen-bond acceptors (Lipinski definition) is 7. The molecule has 27 heavy (non-hydrogen) atoms. The predicted molar refractivity (Wildman–Crippen MR) is 96.5 cm³/mol. The minimum atomic E-state index is -1.42. The first-order valence-electron chi connectivity index (χ1n) is 9.83. The third-order valence-electron chi connectivity index (χ3n) is 5.62. The number of nitrogens with two attached hydrogens (primary N) is 1. The van der Waals surface area contributed by atoms with Gasteiger partial charge in [-0.2, -0.15) is 4.98 Å². The Kier molecular flexibility index (Phi) is 6.43. The smallest absolute Gasteiger partial charge is 0.315 e. The summed E-state index contributed by atoms with van der Waals surface area (Å²) in [6.07, 6.45) is 8.65. The van der Waals surface area contributed by atoms with E-state index in [1.54, 1.807) is 4.90 Å². The van der Waals surface area contributed by atoms with Gasteiger partial charge in [0.2, 0.25) is 0 Å². The summed E-state index contributed by atoms with van der Waals surface area (Å²) in [7, 11) is 0. The van der Waals surface area contributed by atoms with E-state index in [4.69, 9.17) is 10.3 Å². The molecule has 0 spiro atoms. The highest BCUT2D eigenvalue weighted by atomic mass is 16.5. The zero-order chi connectivity index (χ0) is 19.3. The van der Waals surface area contributed by atoms with Gasteiger partial charge in [0.15, 0.2) is 11.4 Å². The molecule has 1 aliphatic carbocycles. The lowest BCUT2D eigenvalue weighted by molar-refractivity contribution is -0.156. The normalized spacial score (nSPS) is 24.3. The fraction of sp³-hybridized carbons (Fsp3) is 0.778. The van der Waals surface area contributed by atoms with Crippen molar-refractivity contribution < 1.29 is 19.2 Å². The quantitative estimate of drug-likeness (QED) is 0.601. The van der Waals surface area contributed by atoms with E-state index in [0.717, 1.165) is 19.4 Å². The van der Waals surface area contributed by atoms with Crippen LogP contribution in [0.4, 0.5) is 0 Å². The van der Waals surface area contributed by atoms with Crippen LogP contribution in [-0.4, -0.2) is 57.2 Å². The molecule has 0 aromatic carbocycles. The maximum absolute atomic E-state index is 12.8. The fourth-order valence-corrected chi connectivity index (χ4v) is 4.06. The number of hydrogen-bond donors (Lipinski definition) is 3. The minimum Gasteiger partial charge on any atom is -0.379 e. The molecule has 0 radical (unpaired) electrons. The maximum atomic E-state index is 12.8. The van der Waals surface area contributed by atoms with E-state index in [1.165, 1.54) is 32.1 Å². The van der Waals surface area contributed by atoms with Crippen LogP contribution in [0.5, 0.6) is 0 Å². The standard InChI is InChI=1S/C18H29N5O4/c19-15(24)16-21-14(22-27-16)11-20-12-18(26)8-4-9-23(17(18)25)10-7-13-5-2-1-3-6-13/h13,20,26H,1-12H2,(H2,19,24). The molecule has 0 bridgehead atoms. The first-order valence-corrected chi connectivity index (χ1v) is 9.83. The average molecular weight is 379 g/mol. The van der Waals surface area contributed by atoms with Crippen LogP contribution in [-0.2, 0) is 11.3 Å². The van der Waals surface area contributed by atoms with Crippen LogP contribution in [0.1, 0.15) is 67.9 Å². The van der Waals surface area contributed by atoms with Gasteiger partial charge in [0, 0.05) is 19.6 Å². The van der Waals surface area contributed by atoms with Gasteiger partial charge in [-0.25, -0.2) is 0 Å². The highest BCUT2D eigenvalue weighted by Crippen LogP contribution is 2.28. The summed E-state index contributed by atoms with van der Waals surface area (Å²) in [5, 5.41) is 17.4. The number of likely N-dealkylation sites (tertiary alicyclic amines) is 1. The highest BCUT2D eigenvalue weighted by molar-refractivity contribution is 5.87. The number of aliphatic hydroxyl groups is 1. The van der Waals surface area contributed by atoms with Gasteiger partial charge in [0.05, 0.1) is 6.54 Å². The number of nitrogens with zero attached hydrogens (tertiary/aromatic N) is 3. The molecule has 2 aliphatic rings. The van der Waals surface area contributed by atoms with Crippen LogP contribution < -0.4 is 11.1 Å². The molecule has 1 saturated carbocycles. The lowest BCUT2D eigenvalue weighted by atomic mass is 9.86. The Morgan fingerprint density at radius 1 is 1.33 bits per heavy atom. The van der Waals surface area contributed by atoms with Gasteiger partial charge in [-0.05, 0) is 25.2 Å². The number of primary amides is 1. The summed E-state index contributed by atoms with van der Waals surface area (Å²) in [4.78, 5) is 29.4. The Bertz CT molecular complexity index is 658. The summed E-state index contributed by atoms with van der Waals surface area (Å²) in [5.41, 5.74) is 3.65. The van der Waals surface area contributed by atoms with Crippen LogP contribution >= 0.6 is 0 Å². The Morgan fingerprint density at radius 2 is 2.11 bits per heavy atom.